The first kappa shape index (κ1) is 15.3. The van der Waals surface area contributed by atoms with Crippen LogP contribution in [0.1, 0.15) is 24.8 Å². The molecule has 112 valence electrons. The number of halogens is 1. The fourth-order valence-corrected chi connectivity index (χ4v) is 2.71. The van der Waals surface area contributed by atoms with Crippen LogP contribution in [0.3, 0.4) is 0 Å². The van der Waals surface area contributed by atoms with E-state index < -0.39 is 0 Å². The van der Waals surface area contributed by atoms with Crippen molar-refractivity contribution in [1.29, 1.82) is 0 Å². The molecule has 0 aromatic heterocycles. The molecule has 1 heterocycles. The van der Waals surface area contributed by atoms with Crippen LogP contribution in [0, 0.1) is 11.7 Å². The first-order valence-electron chi connectivity index (χ1n) is 7.40. The molecule has 0 unspecified atom stereocenters. The molecule has 0 atom stereocenters. The summed E-state index contributed by atoms with van der Waals surface area (Å²) in [6.07, 6.45) is 3.82. The van der Waals surface area contributed by atoms with Crippen molar-refractivity contribution < 1.29 is 9.13 Å². The molecule has 0 aliphatic carbocycles. The molecule has 0 amide bonds. The van der Waals surface area contributed by atoms with E-state index in [1.165, 1.54) is 39.5 Å². The average molecular weight is 280 g/mol. The Morgan fingerprint density at radius 2 is 2.10 bits per heavy atom. The summed E-state index contributed by atoms with van der Waals surface area (Å²) < 4.78 is 18.4. The van der Waals surface area contributed by atoms with Crippen molar-refractivity contribution in [1.82, 2.24) is 10.2 Å². The van der Waals surface area contributed by atoms with Crippen molar-refractivity contribution >= 4 is 0 Å². The molecule has 1 saturated heterocycles. The Morgan fingerprint density at radius 1 is 1.35 bits per heavy atom. The lowest BCUT2D eigenvalue weighted by atomic mass is 9.94. The Balaban J connectivity index is 1.67. The van der Waals surface area contributed by atoms with E-state index in [1.807, 2.05) is 6.07 Å². The van der Waals surface area contributed by atoms with Gasteiger partial charge in [0, 0.05) is 6.54 Å². The van der Waals surface area contributed by atoms with E-state index in [2.05, 4.69) is 17.3 Å². The SMILES string of the molecule is COc1ccc(CNCCC2CCN(C)CC2)cc1F. The number of rotatable bonds is 6. The third-order valence-electron chi connectivity index (χ3n) is 4.11. The second kappa shape index (κ2) is 7.60. The van der Waals surface area contributed by atoms with Crippen LogP contribution in [-0.4, -0.2) is 38.7 Å². The number of piperidine rings is 1. The van der Waals surface area contributed by atoms with E-state index in [-0.39, 0.29) is 5.82 Å². The van der Waals surface area contributed by atoms with E-state index in [4.69, 9.17) is 4.74 Å². The highest BCUT2D eigenvalue weighted by Crippen LogP contribution is 2.19. The largest absolute Gasteiger partial charge is 0.494 e. The molecule has 0 bridgehead atoms. The zero-order valence-electron chi connectivity index (χ0n) is 12.5. The fraction of sp³-hybridized carbons (Fsp3) is 0.625. The molecule has 4 heteroatoms. The first-order valence-corrected chi connectivity index (χ1v) is 7.40. The Labute approximate surface area is 121 Å². The third-order valence-corrected chi connectivity index (χ3v) is 4.11. The molecule has 20 heavy (non-hydrogen) atoms. The third kappa shape index (κ3) is 4.46. The summed E-state index contributed by atoms with van der Waals surface area (Å²) in [5.74, 6) is 0.855. The normalized spacial score (nSPS) is 17.4. The number of likely N-dealkylation sites (tertiary alicyclic amines) is 1. The van der Waals surface area contributed by atoms with Gasteiger partial charge in [0.25, 0.3) is 0 Å². The van der Waals surface area contributed by atoms with Gasteiger partial charge in [-0.05, 0) is 69.6 Å². The minimum absolute atomic E-state index is 0.290. The second-order valence-corrected chi connectivity index (χ2v) is 5.68. The molecule has 1 aliphatic heterocycles. The second-order valence-electron chi connectivity index (χ2n) is 5.68. The van der Waals surface area contributed by atoms with Gasteiger partial charge in [-0.1, -0.05) is 6.07 Å². The summed E-state index contributed by atoms with van der Waals surface area (Å²) in [6.45, 7) is 4.15. The summed E-state index contributed by atoms with van der Waals surface area (Å²) in [5.41, 5.74) is 0.965. The van der Waals surface area contributed by atoms with Gasteiger partial charge in [0.05, 0.1) is 7.11 Å². The molecule has 2 rings (SSSR count). The number of nitrogens with zero attached hydrogens (tertiary/aromatic N) is 1. The van der Waals surface area contributed by atoms with Crippen LogP contribution in [0.15, 0.2) is 18.2 Å². The lowest BCUT2D eigenvalue weighted by Gasteiger charge is -2.28. The van der Waals surface area contributed by atoms with Gasteiger partial charge in [-0.2, -0.15) is 0 Å². The average Bonchev–Trinajstić information content (AvgIpc) is 2.46. The Hall–Kier alpha value is -1.13. The minimum Gasteiger partial charge on any atom is -0.494 e. The maximum absolute atomic E-state index is 13.5. The van der Waals surface area contributed by atoms with Crippen LogP contribution in [0.2, 0.25) is 0 Å². The van der Waals surface area contributed by atoms with Gasteiger partial charge >= 0.3 is 0 Å². The minimum atomic E-state index is -0.290. The van der Waals surface area contributed by atoms with Gasteiger partial charge in [0.1, 0.15) is 0 Å². The summed E-state index contributed by atoms with van der Waals surface area (Å²) in [7, 11) is 3.67. The number of ether oxygens (including phenoxy) is 1. The zero-order valence-corrected chi connectivity index (χ0v) is 12.5. The number of hydrogen-bond acceptors (Lipinski definition) is 3. The van der Waals surface area contributed by atoms with E-state index in [0.29, 0.717) is 12.3 Å². The van der Waals surface area contributed by atoms with Crippen molar-refractivity contribution in [2.45, 2.75) is 25.8 Å². The topological polar surface area (TPSA) is 24.5 Å². The Morgan fingerprint density at radius 3 is 2.75 bits per heavy atom. The van der Waals surface area contributed by atoms with Crippen molar-refractivity contribution in [2.75, 3.05) is 33.8 Å². The number of benzene rings is 1. The molecule has 1 N–H and O–H groups in total. The highest BCUT2D eigenvalue weighted by Gasteiger charge is 2.15. The standard InChI is InChI=1S/C16H25FN2O/c1-19-9-6-13(7-10-19)5-8-18-12-14-3-4-16(20-2)15(17)11-14/h3-4,11,13,18H,5-10,12H2,1-2H3. The molecule has 1 aliphatic rings. The highest BCUT2D eigenvalue weighted by molar-refractivity contribution is 5.29. The van der Waals surface area contributed by atoms with Gasteiger partial charge < -0.3 is 15.0 Å². The quantitative estimate of drug-likeness (QED) is 0.811. The molecule has 1 aromatic rings. The van der Waals surface area contributed by atoms with Crippen LogP contribution in [0.4, 0.5) is 4.39 Å². The Kier molecular flexibility index (Phi) is 5.80. The number of nitrogens with one attached hydrogen (secondary N) is 1. The smallest absolute Gasteiger partial charge is 0.165 e. The zero-order chi connectivity index (χ0) is 14.4. The van der Waals surface area contributed by atoms with Gasteiger partial charge in [0.2, 0.25) is 0 Å². The predicted molar refractivity (Wildman–Crippen MR) is 79.5 cm³/mol. The predicted octanol–water partition coefficient (Wildman–Crippen LogP) is 2.66. The van der Waals surface area contributed by atoms with E-state index in [0.717, 1.165) is 18.0 Å². The summed E-state index contributed by atoms with van der Waals surface area (Å²) in [4.78, 5) is 2.39. The maximum atomic E-state index is 13.5. The van der Waals surface area contributed by atoms with Crippen LogP contribution in [0.5, 0.6) is 5.75 Å². The van der Waals surface area contributed by atoms with Crippen molar-refractivity contribution in [3.8, 4) is 5.75 Å². The van der Waals surface area contributed by atoms with Crippen LogP contribution in [-0.2, 0) is 6.54 Å². The van der Waals surface area contributed by atoms with Crippen molar-refractivity contribution in [3.63, 3.8) is 0 Å². The molecular formula is C16H25FN2O. The summed E-state index contributed by atoms with van der Waals surface area (Å²) >= 11 is 0. The number of methoxy groups -OCH3 is 1. The molecule has 0 spiro atoms. The molecule has 1 fully saturated rings. The van der Waals surface area contributed by atoms with Crippen LogP contribution >= 0.6 is 0 Å². The van der Waals surface area contributed by atoms with Crippen LogP contribution in [0.25, 0.3) is 0 Å². The summed E-state index contributed by atoms with van der Waals surface area (Å²) in [6, 6.07) is 5.13. The lowest BCUT2D eigenvalue weighted by Crippen LogP contribution is -2.31. The molecule has 1 aromatic carbocycles. The number of hydrogen-bond donors (Lipinski definition) is 1. The monoisotopic (exact) mass is 280 g/mol. The van der Waals surface area contributed by atoms with E-state index in [9.17, 15) is 4.39 Å². The van der Waals surface area contributed by atoms with Gasteiger partial charge in [0.15, 0.2) is 11.6 Å². The van der Waals surface area contributed by atoms with E-state index in [1.54, 1.807) is 12.1 Å². The highest BCUT2D eigenvalue weighted by atomic mass is 19.1. The summed E-state index contributed by atoms with van der Waals surface area (Å²) in [5, 5.41) is 3.40. The first-order chi connectivity index (χ1) is 9.69. The van der Waals surface area contributed by atoms with Crippen molar-refractivity contribution in [3.05, 3.63) is 29.6 Å². The fourth-order valence-electron chi connectivity index (χ4n) is 2.71. The molecule has 3 nitrogen and oxygen atoms in total. The molecule has 0 radical (unpaired) electrons. The molecular weight excluding hydrogens is 255 g/mol. The Bertz CT molecular complexity index is 417. The van der Waals surface area contributed by atoms with E-state index >= 15 is 0 Å². The van der Waals surface area contributed by atoms with Crippen LogP contribution < -0.4 is 10.1 Å². The van der Waals surface area contributed by atoms with Gasteiger partial charge in [-0.25, -0.2) is 4.39 Å². The van der Waals surface area contributed by atoms with Gasteiger partial charge in [-0.15, -0.1) is 0 Å². The maximum Gasteiger partial charge on any atom is 0.165 e. The lowest BCUT2D eigenvalue weighted by molar-refractivity contribution is 0.211. The van der Waals surface area contributed by atoms with Crippen molar-refractivity contribution in [2.24, 2.45) is 5.92 Å². The molecule has 0 saturated carbocycles. The van der Waals surface area contributed by atoms with Gasteiger partial charge in [-0.3, -0.25) is 0 Å².